The van der Waals surface area contributed by atoms with Crippen LogP contribution in [0.5, 0.6) is 17.2 Å². The number of ether oxygens (including phenoxy) is 2. The molecule has 2 aliphatic rings. The maximum Gasteiger partial charge on any atom is 0.135 e. The number of methoxy groups -OCH3 is 1. The molecule has 23 heavy (non-hydrogen) atoms. The average molecular weight is 318 g/mol. The summed E-state index contributed by atoms with van der Waals surface area (Å²) in [6.45, 7) is 0. The predicted molar refractivity (Wildman–Crippen MR) is 91.0 cm³/mol. The van der Waals surface area contributed by atoms with Crippen molar-refractivity contribution in [2.24, 2.45) is 0 Å². The molecule has 1 atom stereocenters. The van der Waals surface area contributed by atoms with E-state index in [0.717, 1.165) is 22.8 Å². The van der Waals surface area contributed by atoms with E-state index in [-0.39, 0.29) is 5.92 Å². The van der Waals surface area contributed by atoms with Crippen molar-refractivity contribution in [1.29, 1.82) is 0 Å². The van der Waals surface area contributed by atoms with E-state index >= 15 is 0 Å². The summed E-state index contributed by atoms with van der Waals surface area (Å²) in [5.41, 5.74) is 3.71. The summed E-state index contributed by atoms with van der Waals surface area (Å²) in [7, 11) is 1.72. The Morgan fingerprint density at radius 3 is 2.43 bits per heavy atom. The lowest BCUT2D eigenvalue weighted by Gasteiger charge is -2.35. The van der Waals surface area contributed by atoms with E-state index in [0.29, 0.717) is 0 Å². The average Bonchev–Trinajstić information content (AvgIpc) is 2.61. The Morgan fingerprint density at radius 1 is 0.826 bits per heavy atom. The van der Waals surface area contributed by atoms with Crippen LogP contribution in [0.4, 0.5) is 0 Å². The fourth-order valence-electron chi connectivity index (χ4n) is 3.57. The van der Waals surface area contributed by atoms with Crippen molar-refractivity contribution in [3.05, 3.63) is 77.4 Å². The fourth-order valence-corrected chi connectivity index (χ4v) is 4.73. The lowest BCUT2D eigenvalue weighted by molar-refractivity contribution is 0.392. The number of hydrogen-bond donors (Lipinski definition) is 0. The zero-order valence-corrected chi connectivity index (χ0v) is 13.4. The Morgan fingerprint density at radius 2 is 1.57 bits per heavy atom. The summed E-state index contributed by atoms with van der Waals surface area (Å²) in [5.74, 6) is 2.89. The van der Waals surface area contributed by atoms with Gasteiger partial charge in [-0.15, -0.1) is 0 Å². The fraction of sp³-hybridized carbons (Fsp3) is 0.100. The first kappa shape index (κ1) is 13.1. The molecular weight excluding hydrogens is 304 g/mol. The van der Waals surface area contributed by atoms with Gasteiger partial charge in [-0.2, -0.15) is 0 Å². The van der Waals surface area contributed by atoms with Gasteiger partial charge in [0.25, 0.3) is 0 Å². The quantitative estimate of drug-likeness (QED) is 0.410. The molecule has 3 heteroatoms. The van der Waals surface area contributed by atoms with Gasteiger partial charge in [0, 0.05) is 26.8 Å². The van der Waals surface area contributed by atoms with E-state index in [1.807, 2.05) is 30.0 Å². The lowest BCUT2D eigenvalue weighted by atomic mass is 9.81. The summed E-state index contributed by atoms with van der Waals surface area (Å²) in [4.78, 5) is 2.57. The SMILES string of the molecule is COc1cccc2c1C1c3ccccc3Sc3cccc(c31)O2. The van der Waals surface area contributed by atoms with Crippen LogP contribution in [0.15, 0.2) is 70.5 Å². The highest BCUT2D eigenvalue weighted by molar-refractivity contribution is 7.99. The monoisotopic (exact) mass is 318 g/mol. The second kappa shape index (κ2) is 4.80. The van der Waals surface area contributed by atoms with Crippen molar-refractivity contribution < 1.29 is 9.47 Å². The molecule has 1 unspecified atom stereocenters. The van der Waals surface area contributed by atoms with Gasteiger partial charge in [0.05, 0.1) is 7.11 Å². The van der Waals surface area contributed by atoms with E-state index < -0.39 is 0 Å². The van der Waals surface area contributed by atoms with Crippen LogP contribution in [0.3, 0.4) is 0 Å². The Balaban J connectivity index is 1.88. The normalized spacial score (nSPS) is 16.7. The summed E-state index contributed by atoms with van der Waals surface area (Å²) in [6.07, 6.45) is 0. The number of benzene rings is 3. The number of hydrogen-bond acceptors (Lipinski definition) is 3. The molecule has 3 aromatic rings. The van der Waals surface area contributed by atoms with Gasteiger partial charge in [0.2, 0.25) is 0 Å². The smallest absolute Gasteiger partial charge is 0.135 e. The van der Waals surface area contributed by atoms with Crippen molar-refractivity contribution >= 4 is 11.8 Å². The zero-order chi connectivity index (χ0) is 15.4. The Bertz CT molecular complexity index is 918. The van der Waals surface area contributed by atoms with Crippen molar-refractivity contribution in [3.8, 4) is 17.2 Å². The van der Waals surface area contributed by atoms with Crippen molar-refractivity contribution in [3.63, 3.8) is 0 Å². The van der Waals surface area contributed by atoms with Gasteiger partial charge in [-0.1, -0.05) is 42.1 Å². The molecule has 0 spiro atoms. The topological polar surface area (TPSA) is 18.5 Å². The minimum Gasteiger partial charge on any atom is -0.496 e. The molecule has 0 amide bonds. The third kappa shape index (κ3) is 1.77. The molecule has 0 aromatic heterocycles. The summed E-state index contributed by atoms with van der Waals surface area (Å²) < 4.78 is 11.8. The van der Waals surface area contributed by atoms with Gasteiger partial charge in [0.15, 0.2) is 0 Å². The predicted octanol–water partition coefficient (Wildman–Crippen LogP) is 5.45. The van der Waals surface area contributed by atoms with Crippen LogP contribution in [0.25, 0.3) is 0 Å². The van der Waals surface area contributed by atoms with Crippen LogP contribution in [0.2, 0.25) is 0 Å². The van der Waals surface area contributed by atoms with Gasteiger partial charge >= 0.3 is 0 Å². The first-order valence-electron chi connectivity index (χ1n) is 7.61. The maximum absolute atomic E-state index is 6.19. The third-order valence-corrected chi connectivity index (χ3v) is 5.69. The molecule has 0 saturated heterocycles. The zero-order valence-electron chi connectivity index (χ0n) is 12.6. The summed E-state index contributed by atoms with van der Waals surface area (Å²) in [5, 5.41) is 0. The van der Waals surface area contributed by atoms with E-state index in [4.69, 9.17) is 9.47 Å². The molecule has 112 valence electrons. The lowest BCUT2D eigenvalue weighted by Crippen LogP contribution is -2.17. The van der Waals surface area contributed by atoms with Crippen LogP contribution in [-0.4, -0.2) is 7.11 Å². The summed E-state index contributed by atoms with van der Waals surface area (Å²) in [6, 6.07) is 20.9. The van der Waals surface area contributed by atoms with Crippen LogP contribution >= 0.6 is 11.8 Å². The molecule has 2 nitrogen and oxygen atoms in total. The second-order valence-electron chi connectivity index (χ2n) is 5.72. The molecule has 2 aliphatic heterocycles. The van der Waals surface area contributed by atoms with Crippen LogP contribution < -0.4 is 9.47 Å². The minimum atomic E-state index is 0.165. The highest BCUT2D eigenvalue weighted by atomic mass is 32.2. The molecule has 5 rings (SSSR count). The molecule has 0 N–H and O–H groups in total. The second-order valence-corrected chi connectivity index (χ2v) is 6.80. The maximum atomic E-state index is 6.19. The Hall–Kier alpha value is -2.39. The van der Waals surface area contributed by atoms with Crippen molar-refractivity contribution in [2.75, 3.05) is 7.11 Å². The first-order chi connectivity index (χ1) is 11.4. The van der Waals surface area contributed by atoms with Gasteiger partial charge in [-0.3, -0.25) is 0 Å². The Labute approximate surface area is 139 Å². The van der Waals surface area contributed by atoms with Gasteiger partial charge in [-0.05, 0) is 35.9 Å². The molecule has 0 bridgehead atoms. The van der Waals surface area contributed by atoms with Crippen LogP contribution in [-0.2, 0) is 0 Å². The van der Waals surface area contributed by atoms with Gasteiger partial charge in [-0.25, -0.2) is 0 Å². The van der Waals surface area contributed by atoms with Crippen LogP contribution in [0, 0.1) is 0 Å². The summed E-state index contributed by atoms with van der Waals surface area (Å²) >= 11 is 1.82. The minimum absolute atomic E-state index is 0.165. The largest absolute Gasteiger partial charge is 0.496 e. The van der Waals surface area contributed by atoms with Gasteiger partial charge in [0.1, 0.15) is 17.2 Å². The van der Waals surface area contributed by atoms with E-state index in [1.54, 1.807) is 7.11 Å². The van der Waals surface area contributed by atoms with E-state index in [1.165, 1.54) is 20.9 Å². The third-order valence-electron chi connectivity index (χ3n) is 4.52. The first-order valence-corrected chi connectivity index (χ1v) is 8.43. The van der Waals surface area contributed by atoms with Gasteiger partial charge < -0.3 is 9.47 Å². The molecule has 2 heterocycles. The number of rotatable bonds is 1. The molecular formula is C20H14O2S. The number of fused-ring (bicyclic) bond motifs is 4. The molecule has 0 fully saturated rings. The molecule has 0 aliphatic carbocycles. The van der Waals surface area contributed by atoms with Crippen molar-refractivity contribution in [2.45, 2.75) is 15.7 Å². The van der Waals surface area contributed by atoms with E-state index in [9.17, 15) is 0 Å². The molecule has 0 saturated carbocycles. The van der Waals surface area contributed by atoms with Crippen molar-refractivity contribution in [1.82, 2.24) is 0 Å². The molecule has 3 aromatic carbocycles. The standard InChI is InChI=1S/C20H14O2S/c1-21-13-7-4-8-14-19(13)18-12-6-2-3-10-16(12)23-17-11-5-9-15(22-14)20(17)18/h2-11,18H,1H3. The molecule has 0 radical (unpaired) electrons. The Kier molecular flexibility index (Phi) is 2.73. The van der Waals surface area contributed by atoms with E-state index in [2.05, 4.69) is 42.5 Å². The highest BCUT2D eigenvalue weighted by Gasteiger charge is 2.37. The highest BCUT2D eigenvalue weighted by Crippen LogP contribution is 2.58. The van der Waals surface area contributed by atoms with Crippen LogP contribution in [0.1, 0.15) is 22.6 Å².